The zero-order valence-corrected chi connectivity index (χ0v) is 21.1. The molecule has 0 unspecified atom stereocenters. The molecule has 2 amide bonds. The Morgan fingerprint density at radius 1 is 0.579 bits per heavy atom. The van der Waals surface area contributed by atoms with Gasteiger partial charge < -0.3 is 20.0 Å². The second-order valence-corrected chi connectivity index (χ2v) is 10.0. The van der Waals surface area contributed by atoms with Crippen molar-refractivity contribution in [2.75, 3.05) is 26.2 Å². The van der Waals surface area contributed by atoms with Crippen LogP contribution >= 0.6 is 0 Å². The summed E-state index contributed by atoms with van der Waals surface area (Å²) in [5.41, 5.74) is 0.771. The Balaban J connectivity index is 1.40. The van der Waals surface area contributed by atoms with E-state index in [-0.39, 0.29) is 56.7 Å². The molecule has 2 aromatic carbocycles. The van der Waals surface area contributed by atoms with Crippen molar-refractivity contribution in [1.82, 2.24) is 9.80 Å². The highest BCUT2D eigenvalue weighted by molar-refractivity contribution is 6.29. The number of rotatable bonds is 4. The van der Waals surface area contributed by atoms with E-state index in [0.717, 1.165) is 38.5 Å². The smallest absolute Gasteiger partial charge is 0.246 e. The molecule has 2 fully saturated rings. The van der Waals surface area contributed by atoms with Gasteiger partial charge in [-0.05, 0) is 74.9 Å². The van der Waals surface area contributed by atoms with Gasteiger partial charge in [0.2, 0.25) is 11.8 Å². The maximum absolute atomic E-state index is 13.3. The van der Waals surface area contributed by atoms with E-state index in [0.29, 0.717) is 26.2 Å². The molecule has 196 valence electrons. The Hall–Kier alpha value is -4.20. The van der Waals surface area contributed by atoms with Gasteiger partial charge in [-0.25, -0.2) is 0 Å². The van der Waals surface area contributed by atoms with Crippen molar-refractivity contribution in [3.05, 3.63) is 69.8 Å². The van der Waals surface area contributed by atoms with E-state index >= 15 is 0 Å². The van der Waals surface area contributed by atoms with Gasteiger partial charge in [-0.2, -0.15) is 0 Å². The number of fused-ring (bicyclic) bond motifs is 2. The third-order valence-electron chi connectivity index (χ3n) is 7.46. The van der Waals surface area contributed by atoms with Gasteiger partial charge >= 0.3 is 0 Å². The standard InChI is InChI=1S/C30H30N2O6/c33-25-17-23-21(15-19(25)7-9-27(35)31-11-3-1-4-12-31)29(37)24-18-26(34)20(16-22(24)30(23)38)8-10-28(36)32-13-5-2-6-14-32/h7-10,15-18,33-34H,1-6,11-14H2. The molecule has 0 atom stereocenters. The number of carbonyl (C=O) groups excluding carboxylic acids is 4. The number of phenolic OH excluding ortho intramolecular Hbond substituents is 2. The van der Waals surface area contributed by atoms with E-state index in [1.165, 1.54) is 48.6 Å². The molecular weight excluding hydrogens is 484 g/mol. The highest BCUT2D eigenvalue weighted by Crippen LogP contribution is 2.35. The summed E-state index contributed by atoms with van der Waals surface area (Å²) >= 11 is 0. The van der Waals surface area contributed by atoms with E-state index < -0.39 is 11.6 Å². The van der Waals surface area contributed by atoms with E-state index in [4.69, 9.17) is 0 Å². The summed E-state index contributed by atoms with van der Waals surface area (Å²) in [4.78, 5) is 55.1. The molecule has 38 heavy (non-hydrogen) atoms. The number of piperidine rings is 2. The fourth-order valence-corrected chi connectivity index (χ4v) is 5.28. The number of likely N-dealkylation sites (tertiary alicyclic amines) is 2. The van der Waals surface area contributed by atoms with Gasteiger partial charge in [0.25, 0.3) is 0 Å². The lowest BCUT2D eigenvalue weighted by Crippen LogP contribution is -2.34. The van der Waals surface area contributed by atoms with Gasteiger partial charge in [-0.1, -0.05) is 0 Å². The number of hydrogen-bond acceptors (Lipinski definition) is 6. The lowest BCUT2D eigenvalue weighted by molar-refractivity contribution is -0.127. The van der Waals surface area contributed by atoms with Crippen LogP contribution in [0.2, 0.25) is 0 Å². The maximum atomic E-state index is 13.3. The third kappa shape index (κ3) is 4.98. The van der Waals surface area contributed by atoms with E-state index in [1.54, 1.807) is 9.80 Å². The van der Waals surface area contributed by atoms with Gasteiger partial charge in [0.15, 0.2) is 11.6 Å². The molecule has 5 rings (SSSR count). The van der Waals surface area contributed by atoms with Crippen molar-refractivity contribution in [2.24, 2.45) is 0 Å². The monoisotopic (exact) mass is 514 g/mol. The lowest BCUT2D eigenvalue weighted by atomic mass is 9.82. The average molecular weight is 515 g/mol. The van der Waals surface area contributed by atoms with Crippen LogP contribution in [0, 0.1) is 0 Å². The van der Waals surface area contributed by atoms with Crippen LogP contribution in [0.1, 0.15) is 81.5 Å². The average Bonchev–Trinajstić information content (AvgIpc) is 2.94. The summed E-state index contributed by atoms with van der Waals surface area (Å²) < 4.78 is 0. The molecular formula is C30H30N2O6. The molecule has 0 spiro atoms. The van der Waals surface area contributed by atoms with E-state index in [9.17, 15) is 29.4 Å². The Labute approximate surface area is 220 Å². The minimum absolute atomic E-state index is 0.0459. The highest BCUT2D eigenvalue weighted by atomic mass is 16.3. The van der Waals surface area contributed by atoms with Crippen molar-refractivity contribution in [3.8, 4) is 11.5 Å². The van der Waals surface area contributed by atoms with E-state index in [2.05, 4.69) is 0 Å². The van der Waals surface area contributed by atoms with Crippen LogP contribution in [-0.2, 0) is 9.59 Å². The Morgan fingerprint density at radius 3 is 1.29 bits per heavy atom. The Morgan fingerprint density at radius 2 is 0.921 bits per heavy atom. The number of ketones is 2. The topological polar surface area (TPSA) is 115 Å². The number of carbonyl (C=O) groups is 4. The third-order valence-corrected chi connectivity index (χ3v) is 7.46. The van der Waals surface area contributed by atoms with Crippen LogP contribution in [0.3, 0.4) is 0 Å². The Kier molecular flexibility index (Phi) is 7.13. The fourth-order valence-electron chi connectivity index (χ4n) is 5.28. The summed E-state index contributed by atoms with van der Waals surface area (Å²) in [5, 5.41) is 21.2. The van der Waals surface area contributed by atoms with Crippen molar-refractivity contribution >= 4 is 35.5 Å². The minimum atomic E-state index is -0.471. The number of amides is 2. The SMILES string of the molecule is O=C1c2cc(O)c(C=CC(=O)N3CCCCC3)cc2C(=O)c2cc(O)c(C=CC(=O)N3CCCCC3)cc21. The fraction of sp³-hybridized carbons (Fsp3) is 0.333. The molecule has 2 heterocycles. The molecule has 2 N–H and O–H groups in total. The molecule has 8 nitrogen and oxygen atoms in total. The molecule has 0 radical (unpaired) electrons. The largest absolute Gasteiger partial charge is 0.507 e. The first-order valence-electron chi connectivity index (χ1n) is 13.1. The number of phenols is 2. The first kappa shape index (κ1) is 25.4. The molecule has 0 aromatic heterocycles. The van der Waals surface area contributed by atoms with Crippen molar-refractivity contribution in [1.29, 1.82) is 0 Å². The highest BCUT2D eigenvalue weighted by Gasteiger charge is 2.32. The van der Waals surface area contributed by atoms with E-state index in [1.807, 2.05) is 0 Å². The second-order valence-electron chi connectivity index (χ2n) is 10.0. The van der Waals surface area contributed by atoms with Gasteiger partial charge in [-0.3, -0.25) is 19.2 Å². The van der Waals surface area contributed by atoms with Gasteiger partial charge in [0.1, 0.15) is 11.5 Å². The first-order chi connectivity index (χ1) is 18.3. The summed E-state index contributed by atoms with van der Waals surface area (Å²) in [6.45, 7) is 2.76. The van der Waals surface area contributed by atoms with Crippen LogP contribution in [0.25, 0.3) is 12.2 Å². The molecule has 3 aliphatic rings. The molecule has 2 aliphatic heterocycles. The van der Waals surface area contributed by atoms with Crippen molar-refractivity contribution in [2.45, 2.75) is 38.5 Å². The zero-order valence-electron chi connectivity index (χ0n) is 21.1. The van der Waals surface area contributed by atoms with Gasteiger partial charge in [0, 0.05) is 71.7 Å². The molecule has 2 aromatic rings. The van der Waals surface area contributed by atoms with Gasteiger partial charge in [-0.15, -0.1) is 0 Å². The van der Waals surface area contributed by atoms with Crippen LogP contribution in [0.15, 0.2) is 36.4 Å². The summed E-state index contributed by atoms with van der Waals surface area (Å²) in [6, 6.07) is 5.28. The summed E-state index contributed by atoms with van der Waals surface area (Å²) in [5.74, 6) is -1.72. The number of nitrogens with zero attached hydrogens (tertiary/aromatic N) is 2. The Bertz CT molecular complexity index is 1270. The predicted molar refractivity (Wildman–Crippen MR) is 142 cm³/mol. The molecule has 0 bridgehead atoms. The maximum Gasteiger partial charge on any atom is 0.246 e. The number of aromatic hydroxyl groups is 2. The molecule has 1 aliphatic carbocycles. The minimum Gasteiger partial charge on any atom is -0.507 e. The van der Waals surface area contributed by atoms with Gasteiger partial charge in [0.05, 0.1) is 0 Å². The van der Waals surface area contributed by atoms with Crippen LogP contribution < -0.4 is 0 Å². The van der Waals surface area contributed by atoms with Crippen LogP contribution in [-0.4, -0.2) is 69.6 Å². The molecule has 0 saturated carbocycles. The number of hydrogen-bond donors (Lipinski definition) is 2. The number of benzene rings is 2. The summed E-state index contributed by atoms with van der Waals surface area (Å²) in [7, 11) is 0. The molecule has 8 heteroatoms. The first-order valence-corrected chi connectivity index (χ1v) is 13.1. The van der Waals surface area contributed by atoms with Crippen molar-refractivity contribution < 1.29 is 29.4 Å². The normalized spacial score (nSPS) is 17.7. The second kappa shape index (κ2) is 10.7. The van der Waals surface area contributed by atoms with Crippen LogP contribution in [0.5, 0.6) is 11.5 Å². The van der Waals surface area contributed by atoms with Crippen LogP contribution in [0.4, 0.5) is 0 Å². The lowest BCUT2D eigenvalue weighted by Gasteiger charge is -2.25. The zero-order chi connectivity index (χ0) is 26.8. The van der Waals surface area contributed by atoms with Crippen molar-refractivity contribution in [3.63, 3.8) is 0 Å². The quantitative estimate of drug-likeness (QED) is 0.510. The summed E-state index contributed by atoms with van der Waals surface area (Å²) in [6.07, 6.45) is 11.7. The predicted octanol–water partition coefficient (Wildman–Crippen LogP) is 3.92. The molecule has 2 saturated heterocycles.